The molecule has 0 bridgehead atoms. The predicted octanol–water partition coefficient (Wildman–Crippen LogP) is 1.80. The zero-order chi connectivity index (χ0) is 14.1. The molecule has 0 aliphatic carbocycles. The number of hydrogen-bond acceptors (Lipinski definition) is 7. The van der Waals surface area contributed by atoms with Crippen molar-refractivity contribution in [3.63, 3.8) is 0 Å². The quantitative estimate of drug-likeness (QED) is 0.762. The van der Waals surface area contributed by atoms with Gasteiger partial charge in [-0.3, -0.25) is 5.10 Å². The third kappa shape index (κ3) is 2.29. The minimum Gasteiger partial charge on any atom is -0.357 e. The minimum atomic E-state index is 0.568. The summed E-state index contributed by atoms with van der Waals surface area (Å²) in [4.78, 5) is 15.4. The van der Waals surface area contributed by atoms with Crippen LogP contribution in [0, 0.1) is 6.92 Å². The second-order valence-electron chi connectivity index (χ2n) is 4.47. The molecular weight excluding hydrogens is 274 g/mol. The van der Waals surface area contributed by atoms with E-state index in [2.05, 4.69) is 40.7 Å². The maximum atomic E-state index is 4.51. The van der Waals surface area contributed by atoms with Gasteiger partial charge in [0, 0.05) is 19.5 Å². The second-order valence-corrected chi connectivity index (χ2v) is 5.53. The fourth-order valence-corrected chi connectivity index (χ4v) is 2.62. The average molecular weight is 289 g/mol. The Bertz CT molecular complexity index is 732. The molecule has 8 heteroatoms. The van der Waals surface area contributed by atoms with E-state index in [0.29, 0.717) is 12.5 Å². The molecule has 3 rings (SSSR count). The van der Waals surface area contributed by atoms with E-state index in [1.54, 1.807) is 24.6 Å². The van der Waals surface area contributed by atoms with Crippen LogP contribution in [0.15, 0.2) is 11.6 Å². The molecule has 0 aromatic carbocycles. The first kappa shape index (κ1) is 12.8. The van der Waals surface area contributed by atoms with Crippen LogP contribution in [-0.4, -0.2) is 39.2 Å². The lowest BCUT2D eigenvalue weighted by Gasteiger charge is -2.18. The van der Waals surface area contributed by atoms with Crippen LogP contribution in [0.4, 0.5) is 11.8 Å². The van der Waals surface area contributed by atoms with Crippen molar-refractivity contribution in [2.75, 3.05) is 24.3 Å². The molecule has 2 N–H and O–H groups in total. The van der Waals surface area contributed by atoms with Crippen LogP contribution in [-0.2, 0) is 6.54 Å². The standard InChI is InChI=1S/C12H15N7S/c1-7-15-8(6-20-7)5-19(3)11-9-4-14-18-10(9)16-12(13-2)17-11/h4,6H,5H2,1-3H3,(H2,13,14,16,17,18). The topological polar surface area (TPSA) is 82.6 Å². The molecule has 0 spiro atoms. The van der Waals surface area contributed by atoms with Crippen LogP contribution in [0.25, 0.3) is 11.0 Å². The van der Waals surface area contributed by atoms with Crippen LogP contribution in [0.2, 0.25) is 0 Å². The summed E-state index contributed by atoms with van der Waals surface area (Å²) in [5.41, 5.74) is 1.76. The number of nitrogens with one attached hydrogen (secondary N) is 2. The Morgan fingerprint density at radius 3 is 2.90 bits per heavy atom. The van der Waals surface area contributed by atoms with Gasteiger partial charge in [-0.05, 0) is 6.92 Å². The van der Waals surface area contributed by atoms with Crippen molar-refractivity contribution >= 4 is 34.1 Å². The Balaban J connectivity index is 1.97. The van der Waals surface area contributed by atoms with Gasteiger partial charge in [-0.15, -0.1) is 11.3 Å². The number of hydrogen-bond donors (Lipinski definition) is 2. The monoisotopic (exact) mass is 289 g/mol. The largest absolute Gasteiger partial charge is 0.357 e. The van der Waals surface area contributed by atoms with E-state index >= 15 is 0 Å². The summed E-state index contributed by atoms with van der Waals surface area (Å²) in [6, 6.07) is 0. The third-order valence-electron chi connectivity index (χ3n) is 2.94. The average Bonchev–Trinajstić information content (AvgIpc) is 3.06. The molecule has 0 radical (unpaired) electrons. The first-order chi connectivity index (χ1) is 9.67. The summed E-state index contributed by atoms with van der Waals surface area (Å²) in [6.45, 7) is 2.71. The lowest BCUT2D eigenvalue weighted by atomic mass is 10.3. The number of thiazole rings is 1. The lowest BCUT2D eigenvalue weighted by molar-refractivity contribution is 0.873. The normalized spacial score (nSPS) is 10.9. The van der Waals surface area contributed by atoms with E-state index in [1.807, 2.05) is 14.0 Å². The van der Waals surface area contributed by atoms with Gasteiger partial charge in [0.25, 0.3) is 0 Å². The summed E-state index contributed by atoms with van der Waals surface area (Å²) < 4.78 is 0. The van der Waals surface area contributed by atoms with Crippen molar-refractivity contribution in [2.24, 2.45) is 0 Å². The number of anilines is 2. The summed E-state index contributed by atoms with van der Waals surface area (Å²) >= 11 is 1.65. The van der Waals surface area contributed by atoms with Crippen molar-refractivity contribution < 1.29 is 0 Å². The number of fused-ring (bicyclic) bond motifs is 1. The molecule has 3 aromatic heterocycles. The Kier molecular flexibility index (Phi) is 3.23. The van der Waals surface area contributed by atoms with Gasteiger partial charge in [-0.2, -0.15) is 15.1 Å². The molecule has 0 aliphatic heterocycles. The molecule has 7 nitrogen and oxygen atoms in total. The van der Waals surface area contributed by atoms with Gasteiger partial charge in [0.05, 0.1) is 28.8 Å². The summed E-state index contributed by atoms with van der Waals surface area (Å²) in [5, 5.41) is 13.9. The van der Waals surface area contributed by atoms with Crippen LogP contribution in [0.1, 0.15) is 10.7 Å². The molecular formula is C12H15N7S. The molecule has 0 saturated carbocycles. The van der Waals surface area contributed by atoms with Gasteiger partial charge in [0.1, 0.15) is 5.82 Å². The van der Waals surface area contributed by atoms with Crippen molar-refractivity contribution in [2.45, 2.75) is 13.5 Å². The number of aryl methyl sites for hydroxylation is 1. The van der Waals surface area contributed by atoms with Crippen molar-refractivity contribution in [3.05, 3.63) is 22.3 Å². The highest BCUT2D eigenvalue weighted by Crippen LogP contribution is 2.24. The van der Waals surface area contributed by atoms with Crippen LogP contribution in [0.5, 0.6) is 0 Å². The molecule has 0 fully saturated rings. The number of rotatable bonds is 4. The summed E-state index contributed by atoms with van der Waals surface area (Å²) in [7, 11) is 3.79. The maximum Gasteiger partial charge on any atom is 0.226 e. The number of aromatic amines is 1. The van der Waals surface area contributed by atoms with E-state index in [1.165, 1.54) is 0 Å². The Hall–Kier alpha value is -2.22. The number of nitrogens with zero attached hydrogens (tertiary/aromatic N) is 5. The fraction of sp³-hybridized carbons (Fsp3) is 0.333. The Morgan fingerprint density at radius 1 is 1.35 bits per heavy atom. The van der Waals surface area contributed by atoms with Crippen LogP contribution < -0.4 is 10.2 Å². The molecule has 0 atom stereocenters. The Labute approximate surface area is 120 Å². The van der Waals surface area contributed by atoms with E-state index in [9.17, 15) is 0 Å². The van der Waals surface area contributed by atoms with E-state index in [0.717, 1.165) is 27.6 Å². The molecule has 0 saturated heterocycles. The highest BCUT2D eigenvalue weighted by atomic mass is 32.1. The van der Waals surface area contributed by atoms with Gasteiger partial charge in [0.2, 0.25) is 5.95 Å². The van der Waals surface area contributed by atoms with Gasteiger partial charge in [0.15, 0.2) is 5.65 Å². The zero-order valence-electron chi connectivity index (χ0n) is 11.5. The molecule has 3 aromatic rings. The highest BCUT2D eigenvalue weighted by molar-refractivity contribution is 7.09. The highest BCUT2D eigenvalue weighted by Gasteiger charge is 2.14. The SMILES string of the molecule is CNc1nc(N(C)Cc2csc(C)n2)c2cn[nH]c2n1. The molecule has 0 aliphatic rings. The summed E-state index contributed by atoms with van der Waals surface area (Å²) in [5.74, 6) is 1.40. The van der Waals surface area contributed by atoms with Gasteiger partial charge >= 0.3 is 0 Å². The smallest absolute Gasteiger partial charge is 0.226 e. The maximum absolute atomic E-state index is 4.51. The van der Waals surface area contributed by atoms with Gasteiger partial charge in [-0.25, -0.2) is 4.98 Å². The van der Waals surface area contributed by atoms with Crippen molar-refractivity contribution in [3.8, 4) is 0 Å². The first-order valence-corrected chi connectivity index (χ1v) is 7.06. The van der Waals surface area contributed by atoms with Gasteiger partial charge < -0.3 is 10.2 Å². The second kappa shape index (κ2) is 5.04. The lowest BCUT2D eigenvalue weighted by Crippen LogP contribution is -2.19. The molecule has 3 heterocycles. The van der Waals surface area contributed by atoms with E-state index in [-0.39, 0.29) is 0 Å². The summed E-state index contributed by atoms with van der Waals surface area (Å²) in [6.07, 6.45) is 1.74. The molecule has 0 amide bonds. The molecule has 104 valence electrons. The molecule has 20 heavy (non-hydrogen) atoms. The van der Waals surface area contributed by atoms with Crippen LogP contribution >= 0.6 is 11.3 Å². The van der Waals surface area contributed by atoms with Crippen molar-refractivity contribution in [1.29, 1.82) is 0 Å². The van der Waals surface area contributed by atoms with Crippen LogP contribution in [0.3, 0.4) is 0 Å². The first-order valence-electron chi connectivity index (χ1n) is 6.18. The zero-order valence-corrected chi connectivity index (χ0v) is 12.3. The molecule has 0 unspecified atom stereocenters. The predicted molar refractivity (Wildman–Crippen MR) is 80.2 cm³/mol. The number of H-pyrrole nitrogens is 1. The minimum absolute atomic E-state index is 0.568. The number of aromatic nitrogens is 5. The van der Waals surface area contributed by atoms with Gasteiger partial charge in [-0.1, -0.05) is 0 Å². The Morgan fingerprint density at radius 2 is 2.20 bits per heavy atom. The van der Waals surface area contributed by atoms with E-state index < -0.39 is 0 Å². The van der Waals surface area contributed by atoms with E-state index in [4.69, 9.17) is 0 Å². The third-order valence-corrected chi connectivity index (χ3v) is 3.76. The fourth-order valence-electron chi connectivity index (χ4n) is 2.02. The van der Waals surface area contributed by atoms with Crippen molar-refractivity contribution in [1.82, 2.24) is 25.1 Å².